The van der Waals surface area contributed by atoms with Gasteiger partial charge in [0.1, 0.15) is 0 Å². The normalized spacial score (nSPS) is 25.7. The van der Waals surface area contributed by atoms with Crippen LogP contribution < -0.4 is 0 Å². The standard InChI is InChI=1S/C7H16BNO6S2/c1-8(10)9-3-4-17(13,14)7(5-9)6-15-16(2,11)12/h7,10H,3-6H2,1-2H3. The smallest absolute Gasteiger partial charge is 0.376 e. The van der Waals surface area contributed by atoms with E-state index in [0.717, 1.165) is 6.26 Å². The SMILES string of the molecule is CB(O)N1CCS(=O)(=O)C(COS(C)(=O)=O)C1. The molecule has 0 aromatic rings. The molecule has 1 saturated heterocycles. The van der Waals surface area contributed by atoms with Crippen molar-refractivity contribution < 1.29 is 26.0 Å². The van der Waals surface area contributed by atoms with Gasteiger partial charge in [-0.3, -0.25) is 4.18 Å². The molecule has 1 heterocycles. The quantitative estimate of drug-likeness (QED) is 0.479. The molecule has 0 radical (unpaired) electrons. The van der Waals surface area contributed by atoms with Crippen LogP contribution in [0.4, 0.5) is 0 Å². The van der Waals surface area contributed by atoms with Gasteiger partial charge in [0.2, 0.25) is 0 Å². The summed E-state index contributed by atoms with van der Waals surface area (Å²) in [5.41, 5.74) is 0. The zero-order valence-electron chi connectivity index (χ0n) is 9.74. The van der Waals surface area contributed by atoms with E-state index in [1.807, 2.05) is 0 Å². The molecule has 0 saturated carbocycles. The summed E-state index contributed by atoms with van der Waals surface area (Å²) in [5.74, 6) is -0.101. The van der Waals surface area contributed by atoms with Crippen LogP contribution in [-0.4, -0.2) is 70.7 Å². The van der Waals surface area contributed by atoms with Crippen molar-refractivity contribution in [1.82, 2.24) is 4.81 Å². The Bertz CT molecular complexity index is 459. The number of rotatable bonds is 4. The Kier molecular flexibility index (Phi) is 4.58. The minimum absolute atomic E-state index is 0.0789. The van der Waals surface area contributed by atoms with Crippen molar-refractivity contribution in [2.24, 2.45) is 0 Å². The maximum absolute atomic E-state index is 11.7. The van der Waals surface area contributed by atoms with E-state index in [1.54, 1.807) is 4.81 Å². The van der Waals surface area contributed by atoms with Crippen LogP contribution in [0.3, 0.4) is 0 Å². The zero-order valence-corrected chi connectivity index (χ0v) is 11.4. The van der Waals surface area contributed by atoms with Gasteiger partial charge >= 0.3 is 7.05 Å². The Labute approximate surface area is 102 Å². The van der Waals surface area contributed by atoms with Gasteiger partial charge in [-0.25, -0.2) is 8.42 Å². The van der Waals surface area contributed by atoms with Gasteiger partial charge in [-0.2, -0.15) is 8.42 Å². The Balaban J connectivity index is 2.72. The van der Waals surface area contributed by atoms with Crippen LogP contribution in [0.15, 0.2) is 0 Å². The molecular formula is C7H16BNO6S2. The maximum Gasteiger partial charge on any atom is 0.376 e. The Morgan fingerprint density at radius 1 is 1.53 bits per heavy atom. The van der Waals surface area contributed by atoms with E-state index in [2.05, 4.69) is 4.18 Å². The highest BCUT2D eigenvalue weighted by molar-refractivity contribution is 7.92. The molecule has 0 aromatic carbocycles. The molecule has 0 bridgehead atoms. The van der Waals surface area contributed by atoms with E-state index < -0.39 is 38.9 Å². The minimum Gasteiger partial charge on any atom is -0.437 e. The van der Waals surface area contributed by atoms with Crippen molar-refractivity contribution in [3.63, 3.8) is 0 Å². The van der Waals surface area contributed by atoms with Gasteiger partial charge in [-0.15, -0.1) is 0 Å². The van der Waals surface area contributed by atoms with Crippen molar-refractivity contribution in [3.05, 3.63) is 0 Å². The monoisotopic (exact) mass is 285 g/mol. The molecule has 1 aliphatic rings. The molecule has 1 aliphatic heterocycles. The molecule has 7 nitrogen and oxygen atoms in total. The summed E-state index contributed by atoms with van der Waals surface area (Å²) in [5, 5.41) is 8.45. The molecule has 1 unspecified atom stereocenters. The van der Waals surface area contributed by atoms with E-state index in [9.17, 15) is 21.9 Å². The van der Waals surface area contributed by atoms with E-state index in [-0.39, 0.29) is 18.8 Å². The molecule has 100 valence electrons. The summed E-state index contributed by atoms with van der Waals surface area (Å²) in [7, 11) is -7.77. The first-order chi connectivity index (χ1) is 7.62. The Morgan fingerprint density at radius 3 is 2.59 bits per heavy atom. The first-order valence-electron chi connectivity index (χ1n) is 5.10. The van der Waals surface area contributed by atoms with Gasteiger partial charge in [-0.1, -0.05) is 0 Å². The van der Waals surface area contributed by atoms with Gasteiger partial charge < -0.3 is 9.83 Å². The Morgan fingerprint density at radius 2 is 2.12 bits per heavy atom. The third-order valence-electron chi connectivity index (χ3n) is 2.61. The fourth-order valence-corrected chi connectivity index (χ4v) is 3.59. The van der Waals surface area contributed by atoms with Gasteiger partial charge in [0.25, 0.3) is 10.1 Å². The van der Waals surface area contributed by atoms with Gasteiger partial charge in [-0.05, 0) is 6.82 Å². The van der Waals surface area contributed by atoms with Crippen molar-refractivity contribution in [1.29, 1.82) is 0 Å². The molecular weight excluding hydrogens is 269 g/mol. The lowest BCUT2D eigenvalue weighted by atomic mass is 9.85. The first-order valence-corrected chi connectivity index (χ1v) is 8.63. The van der Waals surface area contributed by atoms with Crippen LogP contribution in [0.2, 0.25) is 6.82 Å². The summed E-state index contributed by atoms with van der Waals surface area (Å²) >= 11 is 0. The number of hydrogen-bond acceptors (Lipinski definition) is 7. The average molecular weight is 285 g/mol. The van der Waals surface area contributed by atoms with Crippen LogP contribution in [-0.2, 0) is 24.1 Å². The number of nitrogens with zero attached hydrogens (tertiary/aromatic N) is 1. The van der Waals surface area contributed by atoms with Crippen LogP contribution in [0.5, 0.6) is 0 Å². The Hall–Kier alpha value is -0.155. The van der Waals surface area contributed by atoms with E-state index in [4.69, 9.17) is 0 Å². The number of sulfone groups is 1. The van der Waals surface area contributed by atoms with E-state index in [1.165, 1.54) is 6.82 Å². The topological polar surface area (TPSA) is 101 Å². The average Bonchev–Trinajstić information content (AvgIpc) is 2.13. The van der Waals surface area contributed by atoms with Gasteiger partial charge in [0.05, 0.1) is 23.9 Å². The molecule has 0 aromatic heterocycles. The fraction of sp³-hybridized carbons (Fsp3) is 1.00. The molecule has 0 amide bonds. The fourth-order valence-electron chi connectivity index (χ4n) is 1.57. The lowest BCUT2D eigenvalue weighted by molar-refractivity contribution is 0.280. The van der Waals surface area contributed by atoms with Gasteiger partial charge in [0, 0.05) is 13.1 Å². The van der Waals surface area contributed by atoms with Crippen LogP contribution in [0.1, 0.15) is 0 Å². The van der Waals surface area contributed by atoms with Crippen LogP contribution in [0, 0.1) is 0 Å². The predicted octanol–water partition coefficient (Wildman–Crippen LogP) is -1.83. The van der Waals surface area contributed by atoms with E-state index in [0.29, 0.717) is 0 Å². The second-order valence-corrected chi connectivity index (χ2v) is 8.15. The van der Waals surface area contributed by atoms with Gasteiger partial charge in [0.15, 0.2) is 9.84 Å². The summed E-state index contributed by atoms with van der Waals surface area (Å²) < 4.78 is 49.5. The highest BCUT2D eigenvalue weighted by Gasteiger charge is 2.36. The third-order valence-corrected chi connectivity index (χ3v) is 5.22. The summed E-state index contributed by atoms with van der Waals surface area (Å²) in [4.78, 5) is 1.57. The van der Waals surface area contributed by atoms with E-state index >= 15 is 0 Å². The molecule has 1 rings (SSSR count). The van der Waals surface area contributed by atoms with Crippen molar-refractivity contribution in [2.45, 2.75) is 12.1 Å². The number of hydrogen-bond donors (Lipinski definition) is 1. The predicted molar refractivity (Wildman–Crippen MR) is 63.8 cm³/mol. The molecule has 1 atom stereocenters. The zero-order chi connectivity index (χ0) is 13.3. The second-order valence-electron chi connectivity index (χ2n) is 4.10. The maximum atomic E-state index is 11.7. The van der Waals surface area contributed by atoms with Crippen LogP contribution in [0.25, 0.3) is 0 Å². The largest absolute Gasteiger partial charge is 0.437 e. The molecule has 0 spiro atoms. The summed E-state index contributed by atoms with van der Waals surface area (Å²) in [6.07, 6.45) is 0.870. The van der Waals surface area contributed by atoms with Crippen molar-refractivity contribution >= 4 is 27.0 Å². The van der Waals surface area contributed by atoms with Crippen molar-refractivity contribution in [3.8, 4) is 0 Å². The summed E-state index contributed by atoms with van der Waals surface area (Å²) in [6.45, 7) is 1.46. The highest BCUT2D eigenvalue weighted by Crippen LogP contribution is 2.14. The lowest BCUT2D eigenvalue weighted by Gasteiger charge is -2.32. The highest BCUT2D eigenvalue weighted by atomic mass is 32.2. The first kappa shape index (κ1) is 14.9. The molecule has 1 fully saturated rings. The molecule has 0 aliphatic carbocycles. The second kappa shape index (κ2) is 5.23. The lowest BCUT2D eigenvalue weighted by Crippen LogP contribution is -2.53. The third kappa shape index (κ3) is 4.55. The minimum atomic E-state index is -3.66. The molecule has 17 heavy (non-hydrogen) atoms. The van der Waals surface area contributed by atoms with Crippen molar-refractivity contribution in [2.75, 3.05) is 31.7 Å². The van der Waals surface area contributed by atoms with Crippen LogP contribution >= 0.6 is 0 Å². The summed E-state index contributed by atoms with van der Waals surface area (Å²) in [6, 6.07) is 0. The molecule has 10 heteroatoms. The molecule has 1 N–H and O–H groups in total.